The minimum atomic E-state index is -0.307. The predicted molar refractivity (Wildman–Crippen MR) is 87.8 cm³/mol. The lowest BCUT2D eigenvalue weighted by Gasteiger charge is -2.25. The third-order valence-electron chi connectivity index (χ3n) is 4.32. The van der Waals surface area contributed by atoms with Gasteiger partial charge in [-0.1, -0.05) is 42.0 Å². The molecule has 0 fully saturated rings. The van der Waals surface area contributed by atoms with E-state index >= 15 is 0 Å². The maximum absolute atomic E-state index is 12.6. The number of benzene rings is 2. The number of pyridine rings is 1. The molecule has 4 nitrogen and oxygen atoms in total. The fraction of sp³-hybridized carbons (Fsp3) is 0.158. The summed E-state index contributed by atoms with van der Waals surface area (Å²) < 4.78 is 5.44. The number of hydrogen-bond acceptors (Lipinski definition) is 3. The molecule has 0 unspecified atom stereocenters. The number of aromatic amines is 1. The van der Waals surface area contributed by atoms with Gasteiger partial charge in [0, 0.05) is 11.3 Å². The zero-order chi connectivity index (χ0) is 16.0. The fourth-order valence-electron chi connectivity index (χ4n) is 3.16. The molecule has 2 aromatic carbocycles. The summed E-state index contributed by atoms with van der Waals surface area (Å²) in [5, 5.41) is 0.757. The van der Waals surface area contributed by atoms with Gasteiger partial charge in [-0.25, -0.2) is 0 Å². The van der Waals surface area contributed by atoms with Crippen molar-refractivity contribution in [2.75, 3.05) is 0 Å². The lowest BCUT2D eigenvalue weighted by molar-refractivity contribution is -0.135. The van der Waals surface area contributed by atoms with Gasteiger partial charge in [-0.2, -0.15) is 0 Å². The van der Waals surface area contributed by atoms with Crippen molar-refractivity contribution in [1.29, 1.82) is 0 Å². The number of carbonyl (C=O) groups excluding carboxylic acids is 1. The van der Waals surface area contributed by atoms with Crippen LogP contribution in [0.25, 0.3) is 10.9 Å². The Labute approximate surface area is 132 Å². The SMILES string of the molecule is Cc1ccc([C@@H]2CC(=O)Oc3c2c(=O)[nH]c2ccccc32)cc1. The van der Waals surface area contributed by atoms with E-state index in [4.69, 9.17) is 4.74 Å². The summed E-state index contributed by atoms with van der Waals surface area (Å²) in [6, 6.07) is 15.3. The van der Waals surface area contributed by atoms with Crippen LogP contribution in [0, 0.1) is 6.92 Å². The number of carbonyl (C=O) groups is 1. The number of hydrogen-bond donors (Lipinski definition) is 1. The van der Waals surface area contributed by atoms with E-state index in [0.29, 0.717) is 16.8 Å². The van der Waals surface area contributed by atoms with E-state index in [0.717, 1.165) is 16.5 Å². The van der Waals surface area contributed by atoms with Gasteiger partial charge in [0.1, 0.15) is 5.75 Å². The monoisotopic (exact) mass is 305 g/mol. The lowest BCUT2D eigenvalue weighted by atomic mass is 9.86. The topological polar surface area (TPSA) is 59.2 Å². The maximum Gasteiger partial charge on any atom is 0.312 e. The summed E-state index contributed by atoms with van der Waals surface area (Å²) >= 11 is 0. The van der Waals surface area contributed by atoms with Crippen LogP contribution in [0.5, 0.6) is 5.75 Å². The molecule has 2 heterocycles. The number of H-pyrrole nitrogens is 1. The molecule has 0 spiro atoms. The molecule has 0 amide bonds. The third-order valence-corrected chi connectivity index (χ3v) is 4.32. The smallest absolute Gasteiger partial charge is 0.312 e. The first-order valence-corrected chi connectivity index (χ1v) is 7.55. The molecule has 1 aromatic heterocycles. The number of fused-ring (bicyclic) bond motifs is 3. The van der Waals surface area contributed by atoms with Crippen LogP contribution >= 0.6 is 0 Å². The quantitative estimate of drug-likeness (QED) is 0.702. The van der Waals surface area contributed by atoms with Crippen LogP contribution in [-0.2, 0) is 4.79 Å². The van der Waals surface area contributed by atoms with Crippen LogP contribution in [0.1, 0.15) is 29.0 Å². The Kier molecular flexibility index (Phi) is 3.05. The summed E-state index contributed by atoms with van der Waals surface area (Å²) in [5.41, 5.74) is 3.10. The molecule has 4 rings (SSSR count). The Balaban J connectivity index is 2.00. The number of ether oxygens (including phenoxy) is 1. The van der Waals surface area contributed by atoms with Crippen LogP contribution in [0.4, 0.5) is 0 Å². The summed E-state index contributed by atoms with van der Waals surface area (Å²) in [4.78, 5) is 27.6. The van der Waals surface area contributed by atoms with Crippen molar-refractivity contribution < 1.29 is 9.53 Å². The first kappa shape index (κ1) is 13.8. The normalized spacial score (nSPS) is 16.9. The molecule has 1 N–H and O–H groups in total. The molecule has 0 radical (unpaired) electrons. The average molecular weight is 305 g/mol. The number of esters is 1. The van der Waals surface area contributed by atoms with Gasteiger partial charge in [-0.15, -0.1) is 0 Å². The van der Waals surface area contributed by atoms with Crippen LogP contribution in [0.2, 0.25) is 0 Å². The molecule has 114 valence electrons. The van der Waals surface area contributed by atoms with E-state index in [2.05, 4.69) is 4.98 Å². The first-order chi connectivity index (χ1) is 11.1. The predicted octanol–water partition coefficient (Wildman–Crippen LogP) is 3.28. The molecule has 0 saturated carbocycles. The highest BCUT2D eigenvalue weighted by Gasteiger charge is 2.32. The highest BCUT2D eigenvalue weighted by molar-refractivity contribution is 5.91. The Morgan fingerprint density at radius 3 is 2.57 bits per heavy atom. The van der Waals surface area contributed by atoms with E-state index in [1.165, 1.54) is 0 Å². The molecule has 0 saturated heterocycles. The van der Waals surface area contributed by atoms with Gasteiger partial charge < -0.3 is 9.72 Å². The number of para-hydroxylation sites is 1. The fourth-order valence-corrected chi connectivity index (χ4v) is 3.16. The van der Waals surface area contributed by atoms with E-state index in [9.17, 15) is 9.59 Å². The van der Waals surface area contributed by atoms with Gasteiger partial charge in [0.15, 0.2) is 0 Å². The Hall–Kier alpha value is -2.88. The highest BCUT2D eigenvalue weighted by atomic mass is 16.5. The summed E-state index contributed by atoms with van der Waals surface area (Å²) in [6.07, 6.45) is 0.178. The molecule has 0 bridgehead atoms. The molecule has 4 heteroatoms. The molecular weight excluding hydrogens is 290 g/mol. The number of aromatic nitrogens is 1. The zero-order valence-corrected chi connectivity index (χ0v) is 12.6. The summed E-state index contributed by atoms with van der Waals surface area (Å²) in [6.45, 7) is 2.01. The number of nitrogens with one attached hydrogen (secondary N) is 1. The second-order valence-corrected chi connectivity index (χ2v) is 5.88. The minimum Gasteiger partial charge on any atom is -0.425 e. The number of aryl methyl sites for hydroxylation is 1. The van der Waals surface area contributed by atoms with Crippen LogP contribution in [-0.4, -0.2) is 11.0 Å². The van der Waals surface area contributed by atoms with Crippen LogP contribution in [0.3, 0.4) is 0 Å². The van der Waals surface area contributed by atoms with E-state index in [1.807, 2.05) is 49.4 Å². The van der Waals surface area contributed by atoms with Crippen molar-refractivity contribution in [2.45, 2.75) is 19.3 Å². The van der Waals surface area contributed by atoms with Crippen molar-refractivity contribution in [2.24, 2.45) is 0 Å². The van der Waals surface area contributed by atoms with Crippen LogP contribution in [0.15, 0.2) is 53.3 Å². The van der Waals surface area contributed by atoms with Crippen molar-refractivity contribution in [3.05, 3.63) is 75.6 Å². The van der Waals surface area contributed by atoms with E-state index in [1.54, 1.807) is 6.07 Å². The van der Waals surface area contributed by atoms with Gasteiger partial charge in [0.05, 0.1) is 17.5 Å². The standard InChI is InChI=1S/C19H15NO3/c1-11-6-8-12(9-7-11)14-10-16(21)23-18-13-4-2-3-5-15(13)20-19(22)17(14)18/h2-9,14H,10H2,1H3,(H,20,22)/t14-/m0/s1. The van der Waals surface area contributed by atoms with Gasteiger partial charge in [-0.3, -0.25) is 9.59 Å². The largest absolute Gasteiger partial charge is 0.425 e. The Morgan fingerprint density at radius 1 is 1.04 bits per heavy atom. The van der Waals surface area contributed by atoms with Gasteiger partial charge in [-0.05, 0) is 24.6 Å². The first-order valence-electron chi connectivity index (χ1n) is 7.55. The maximum atomic E-state index is 12.6. The van der Waals surface area contributed by atoms with Crippen molar-refractivity contribution in [3.8, 4) is 5.75 Å². The zero-order valence-electron chi connectivity index (χ0n) is 12.6. The number of rotatable bonds is 1. The molecular formula is C19H15NO3. The van der Waals surface area contributed by atoms with E-state index in [-0.39, 0.29) is 23.9 Å². The molecule has 0 aliphatic carbocycles. The molecule has 23 heavy (non-hydrogen) atoms. The van der Waals surface area contributed by atoms with E-state index < -0.39 is 0 Å². The third kappa shape index (κ3) is 2.23. The molecule has 1 atom stereocenters. The summed E-state index contributed by atoms with van der Waals surface area (Å²) in [5.74, 6) is -0.190. The minimum absolute atomic E-state index is 0.178. The second kappa shape index (κ2) is 5.09. The van der Waals surface area contributed by atoms with Crippen LogP contribution < -0.4 is 10.3 Å². The molecule has 3 aromatic rings. The van der Waals surface area contributed by atoms with Crippen molar-refractivity contribution >= 4 is 16.9 Å². The Bertz CT molecular complexity index is 970. The van der Waals surface area contributed by atoms with Gasteiger partial charge >= 0.3 is 5.97 Å². The summed E-state index contributed by atoms with van der Waals surface area (Å²) in [7, 11) is 0. The lowest BCUT2D eigenvalue weighted by Crippen LogP contribution is -2.28. The Morgan fingerprint density at radius 2 is 1.78 bits per heavy atom. The van der Waals surface area contributed by atoms with Gasteiger partial charge in [0.25, 0.3) is 5.56 Å². The van der Waals surface area contributed by atoms with Gasteiger partial charge in [0.2, 0.25) is 0 Å². The molecule has 1 aliphatic rings. The average Bonchev–Trinajstić information content (AvgIpc) is 2.55. The second-order valence-electron chi connectivity index (χ2n) is 5.88. The van der Waals surface area contributed by atoms with Crippen molar-refractivity contribution in [1.82, 2.24) is 4.98 Å². The molecule has 1 aliphatic heterocycles. The highest BCUT2D eigenvalue weighted by Crippen LogP contribution is 2.39. The van der Waals surface area contributed by atoms with Crippen molar-refractivity contribution in [3.63, 3.8) is 0 Å².